The first-order chi connectivity index (χ1) is 15.7. The molecule has 4 nitrogen and oxygen atoms in total. The molecule has 0 aliphatic carbocycles. The van der Waals surface area contributed by atoms with Gasteiger partial charge >= 0.3 is 0 Å². The highest BCUT2D eigenvalue weighted by molar-refractivity contribution is 6.09. The molecule has 0 amide bonds. The second-order valence-electron chi connectivity index (χ2n) is 7.23. The molecular formula is C27H17FN2O2. The van der Waals surface area contributed by atoms with Crippen LogP contribution in [0.4, 0.5) is 4.39 Å². The van der Waals surface area contributed by atoms with Crippen molar-refractivity contribution in [3.8, 4) is 22.9 Å². The Balaban J connectivity index is 1.45. The molecule has 0 radical (unpaired) electrons. The second-order valence-corrected chi connectivity index (χ2v) is 7.23. The van der Waals surface area contributed by atoms with Crippen molar-refractivity contribution < 1.29 is 13.9 Å². The van der Waals surface area contributed by atoms with Crippen LogP contribution in [0.2, 0.25) is 0 Å². The molecule has 0 N–H and O–H groups in total. The van der Waals surface area contributed by atoms with Crippen molar-refractivity contribution in [3.05, 3.63) is 120 Å². The molecule has 5 rings (SSSR count). The Bertz CT molecular complexity index is 1400. The number of fused-ring (bicyclic) bond motifs is 1. The van der Waals surface area contributed by atoms with Crippen LogP contribution in [0.3, 0.4) is 0 Å². The van der Waals surface area contributed by atoms with Crippen LogP contribution in [0.5, 0.6) is 11.6 Å². The van der Waals surface area contributed by atoms with Gasteiger partial charge in [-0.25, -0.2) is 4.39 Å². The predicted octanol–water partition coefficient (Wildman–Crippen LogP) is 6.46. The molecule has 0 spiro atoms. The highest BCUT2D eigenvalue weighted by atomic mass is 19.1. The zero-order chi connectivity index (χ0) is 21.9. The Morgan fingerprint density at radius 2 is 1.28 bits per heavy atom. The first-order valence-corrected chi connectivity index (χ1v) is 10.1. The zero-order valence-electron chi connectivity index (χ0n) is 16.9. The maximum absolute atomic E-state index is 13.3. The van der Waals surface area contributed by atoms with Gasteiger partial charge in [0.05, 0.1) is 0 Å². The summed E-state index contributed by atoms with van der Waals surface area (Å²) in [7, 11) is 0. The summed E-state index contributed by atoms with van der Waals surface area (Å²) in [6, 6.07) is 29.8. The van der Waals surface area contributed by atoms with E-state index in [9.17, 15) is 9.18 Å². The van der Waals surface area contributed by atoms with E-state index in [1.165, 1.54) is 12.1 Å². The molecule has 0 saturated carbocycles. The fourth-order valence-electron chi connectivity index (χ4n) is 3.52. The molecular weight excluding hydrogens is 403 g/mol. The summed E-state index contributed by atoms with van der Waals surface area (Å²) in [4.78, 5) is 12.6. The van der Waals surface area contributed by atoms with Crippen molar-refractivity contribution in [2.75, 3.05) is 0 Å². The molecule has 5 aromatic rings. The van der Waals surface area contributed by atoms with Crippen LogP contribution in [0.25, 0.3) is 22.0 Å². The van der Waals surface area contributed by atoms with Crippen molar-refractivity contribution in [3.63, 3.8) is 0 Å². The fourth-order valence-corrected chi connectivity index (χ4v) is 3.52. The third kappa shape index (κ3) is 3.84. The molecule has 0 unspecified atom stereocenters. The van der Waals surface area contributed by atoms with Crippen LogP contribution in [0.15, 0.2) is 103 Å². The molecule has 0 saturated heterocycles. The minimum Gasteiger partial charge on any atom is -0.437 e. The van der Waals surface area contributed by atoms with Crippen molar-refractivity contribution in [1.29, 1.82) is 0 Å². The van der Waals surface area contributed by atoms with E-state index in [4.69, 9.17) is 4.74 Å². The second kappa shape index (κ2) is 8.40. The van der Waals surface area contributed by atoms with Gasteiger partial charge in [-0.05, 0) is 54.6 Å². The van der Waals surface area contributed by atoms with E-state index in [0.29, 0.717) is 28.5 Å². The third-order valence-electron chi connectivity index (χ3n) is 5.14. The summed E-state index contributed by atoms with van der Waals surface area (Å²) in [5, 5.41) is 10.2. The topological polar surface area (TPSA) is 52.1 Å². The Hall–Kier alpha value is -4.38. The molecule has 0 aliphatic heterocycles. The number of ketones is 1. The molecule has 0 atom stereocenters. The van der Waals surface area contributed by atoms with Gasteiger partial charge in [0.15, 0.2) is 5.78 Å². The lowest BCUT2D eigenvalue weighted by molar-refractivity contribution is 0.103. The van der Waals surface area contributed by atoms with Crippen LogP contribution in [0.1, 0.15) is 15.9 Å². The molecule has 154 valence electrons. The van der Waals surface area contributed by atoms with E-state index in [2.05, 4.69) is 10.2 Å². The average molecular weight is 420 g/mol. The van der Waals surface area contributed by atoms with Gasteiger partial charge in [0.2, 0.25) is 5.88 Å². The first kappa shape index (κ1) is 19.6. The van der Waals surface area contributed by atoms with Gasteiger partial charge in [0, 0.05) is 27.5 Å². The monoisotopic (exact) mass is 420 g/mol. The Morgan fingerprint density at radius 1 is 0.656 bits per heavy atom. The Morgan fingerprint density at radius 3 is 2.00 bits per heavy atom. The molecule has 0 bridgehead atoms. The number of benzene rings is 4. The molecule has 32 heavy (non-hydrogen) atoms. The van der Waals surface area contributed by atoms with E-state index < -0.39 is 0 Å². The number of hydrogen-bond acceptors (Lipinski definition) is 4. The van der Waals surface area contributed by atoms with Gasteiger partial charge in [0.25, 0.3) is 0 Å². The lowest BCUT2D eigenvalue weighted by Gasteiger charge is -2.11. The number of halogens is 1. The van der Waals surface area contributed by atoms with Gasteiger partial charge in [-0.2, -0.15) is 0 Å². The van der Waals surface area contributed by atoms with Crippen molar-refractivity contribution in [2.24, 2.45) is 0 Å². The number of rotatable bonds is 5. The maximum Gasteiger partial charge on any atom is 0.246 e. The smallest absolute Gasteiger partial charge is 0.246 e. The van der Waals surface area contributed by atoms with Crippen LogP contribution in [-0.2, 0) is 0 Å². The van der Waals surface area contributed by atoms with E-state index in [1.807, 2.05) is 42.5 Å². The Labute approximate surface area is 183 Å². The average Bonchev–Trinajstić information content (AvgIpc) is 2.85. The normalized spacial score (nSPS) is 10.8. The van der Waals surface area contributed by atoms with E-state index >= 15 is 0 Å². The molecule has 5 heteroatoms. The summed E-state index contributed by atoms with van der Waals surface area (Å²) in [6.45, 7) is 0. The number of carbonyl (C=O) groups excluding carboxylic acids is 1. The van der Waals surface area contributed by atoms with Gasteiger partial charge in [0.1, 0.15) is 17.3 Å². The molecule has 4 aromatic carbocycles. The van der Waals surface area contributed by atoms with Crippen LogP contribution in [-0.4, -0.2) is 16.0 Å². The number of hydrogen-bond donors (Lipinski definition) is 0. The highest BCUT2D eigenvalue weighted by Crippen LogP contribution is 2.33. The minimum atomic E-state index is -0.305. The predicted molar refractivity (Wildman–Crippen MR) is 121 cm³/mol. The van der Waals surface area contributed by atoms with Gasteiger partial charge in [-0.3, -0.25) is 4.79 Å². The van der Waals surface area contributed by atoms with Crippen molar-refractivity contribution >= 4 is 16.6 Å². The summed E-state index contributed by atoms with van der Waals surface area (Å²) in [5.41, 5.74) is 2.63. The standard InChI is InChI=1S/C27H17FN2O2/c28-21-14-10-18(11-15-21)25-23-8-4-5-9-24(23)27(30-29-25)32-22-16-12-20(13-17-22)26(31)19-6-2-1-3-7-19/h1-17H. The van der Waals surface area contributed by atoms with Crippen molar-refractivity contribution in [1.82, 2.24) is 10.2 Å². The van der Waals surface area contributed by atoms with Crippen LogP contribution in [0, 0.1) is 5.82 Å². The number of ether oxygens (including phenoxy) is 1. The van der Waals surface area contributed by atoms with E-state index in [0.717, 1.165) is 16.3 Å². The summed E-state index contributed by atoms with van der Waals surface area (Å²) >= 11 is 0. The van der Waals surface area contributed by atoms with Gasteiger partial charge < -0.3 is 4.74 Å². The molecule has 1 heterocycles. The fraction of sp³-hybridized carbons (Fsp3) is 0. The van der Waals surface area contributed by atoms with Crippen LogP contribution < -0.4 is 4.74 Å². The van der Waals surface area contributed by atoms with Gasteiger partial charge in [-0.15, -0.1) is 10.2 Å². The molecule has 0 aliphatic rings. The first-order valence-electron chi connectivity index (χ1n) is 10.1. The quantitative estimate of drug-likeness (QED) is 0.306. The summed E-state index contributed by atoms with van der Waals surface area (Å²) < 4.78 is 19.3. The number of nitrogens with zero attached hydrogens (tertiary/aromatic N) is 2. The molecule has 1 aromatic heterocycles. The SMILES string of the molecule is O=C(c1ccccc1)c1ccc(Oc2nnc(-c3ccc(F)cc3)c3ccccc23)cc1. The third-order valence-corrected chi connectivity index (χ3v) is 5.14. The Kier molecular flexibility index (Phi) is 5.14. The van der Waals surface area contributed by atoms with Crippen molar-refractivity contribution in [2.45, 2.75) is 0 Å². The minimum absolute atomic E-state index is 0.0500. The molecule has 0 fully saturated rings. The van der Waals surface area contributed by atoms with E-state index in [-0.39, 0.29) is 11.6 Å². The van der Waals surface area contributed by atoms with Gasteiger partial charge in [-0.1, -0.05) is 48.5 Å². The van der Waals surface area contributed by atoms with Crippen LogP contribution >= 0.6 is 0 Å². The number of aromatic nitrogens is 2. The summed E-state index contributed by atoms with van der Waals surface area (Å²) in [6.07, 6.45) is 0. The largest absolute Gasteiger partial charge is 0.437 e. The zero-order valence-corrected chi connectivity index (χ0v) is 16.9. The number of carbonyl (C=O) groups is 1. The van der Waals surface area contributed by atoms with E-state index in [1.54, 1.807) is 48.5 Å². The maximum atomic E-state index is 13.3. The highest BCUT2D eigenvalue weighted by Gasteiger charge is 2.13. The summed E-state index contributed by atoms with van der Waals surface area (Å²) in [5.74, 6) is 0.545. The lowest BCUT2D eigenvalue weighted by atomic mass is 10.0. The lowest BCUT2D eigenvalue weighted by Crippen LogP contribution is -2.01.